The minimum Gasteiger partial charge on any atom is -0.480 e. The lowest BCUT2D eigenvalue weighted by Crippen LogP contribution is -2.55. The SMILES string of the molecule is O=C(O)C1CCN1C(=O)c1cn2ccsc2n1. The Bertz CT molecular complexity index is 574. The fourth-order valence-corrected chi connectivity index (χ4v) is 2.56. The van der Waals surface area contributed by atoms with Gasteiger partial charge in [-0.05, 0) is 6.42 Å². The Kier molecular flexibility index (Phi) is 2.15. The Morgan fingerprint density at radius 1 is 1.53 bits per heavy atom. The third-order valence-electron chi connectivity index (χ3n) is 2.88. The number of thiazole rings is 1. The number of hydrogen-bond donors (Lipinski definition) is 1. The van der Waals surface area contributed by atoms with Gasteiger partial charge in [0.15, 0.2) is 4.96 Å². The molecule has 1 aliphatic heterocycles. The highest BCUT2D eigenvalue weighted by Crippen LogP contribution is 2.21. The van der Waals surface area contributed by atoms with Gasteiger partial charge in [-0.1, -0.05) is 0 Å². The average Bonchev–Trinajstić information content (AvgIpc) is 2.72. The van der Waals surface area contributed by atoms with Crippen molar-refractivity contribution in [3.8, 4) is 0 Å². The van der Waals surface area contributed by atoms with Crippen molar-refractivity contribution in [1.29, 1.82) is 0 Å². The molecule has 0 saturated carbocycles. The topological polar surface area (TPSA) is 74.9 Å². The maximum atomic E-state index is 12.0. The molecule has 3 rings (SSSR count). The molecule has 0 aliphatic carbocycles. The largest absolute Gasteiger partial charge is 0.480 e. The summed E-state index contributed by atoms with van der Waals surface area (Å²) in [7, 11) is 0. The molecule has 88 valence electrons. The van der Waals surface area contributed by atoms with Gasteiger partial charge in [0.1, 0.15) is 11.7 Å². The van der Waals surface area contributed by atoms with Gasteiger partial charge in [0, 0.05) is 24.3 Å². The van der Waals surface area contributed by atoms with Crippen molar-refractivity contribution < 1.29 is 14.7 Å². The maximum absolute atomic E-state index is 12.0. The van der Waals surface area contributed by atoms with E-state index in [1.807, 2.05) is 11.6 Å². The summed E-state index contributed by atoms with van der Waals surface area (Å²) >= 11 is 1.43. The van der Waals surface area contributed by atoms with Crippen molar-refractivity contribution in [2.24, 2.45) is 0 Å². The molecule has 1 fully saturated rings. The van der Waals surface area contributed by atoms with E-state index in [0.717, 1.165) is 4.96 Å². The van der Waals surface area contributed by atoms with Crippen LogP contribution in [0.1, 0.15) is 16.9 Å². The zero-order chi connectivity index (χ0) is 12.0. The third kappa shape index (κ3) is 1.50. The van der Waals surface area contributed by atoms with Crippen LogP contribution in [-0.2, 0) is 4.79 Å². The fraction of sp³-hybridized carbons (Fsp3) is 0.300. The predicted octanol–water partition coefficient (Wildman–Crippen LogP) is 0.695. The second-order valence-electron chi connectivity index (χ2n) is 3.86. The first-order valence-corrected chi connectivity index (χ1v) is 6.01. The van der Waals surface area contributed by atoms with Crippen LogP contribution in [0.4, 0.5) is 0 Å². The van der Waals surface area contributed by atoms with E-state index in [9.17, 15) is 9.59 Å². The number of nitrogens with zero attached hydrogens (tertiary/aromatic N) is 3. The molecule has 1 N–H and O–H groups in total. The van der Waals surface area contributed by atoms with Crippen LogP contribution in [0.2, 0.25) is 0 Å². The van der Waals surface area contributed by atoms with Gasteiger partial charge in [0.05, 0.1) is 0 Å². The van der Waals surface area contributed by atoms with Crippen LogP contribution in [0.3, 0.4) is 0 Å². The van der Waals surface area contributed by atoms with Gasteiger partial charge >= 0.3 is 5.97 Å². The van der Waals surface area contributed by atoms with Crippen molar-refractivity contribution in [3.05, 3.63) is 23.5 Å². The highest BCUT2D eigenvalue weighted by atomic mass is 32.1. The van der Waals surface area contributed by atoms with E-state index in [2.05, 4.69) is 4.98 Å². The molecule has 1 atom stereocenters. The summed E-state index contributed by atoms with van der Waals surface area (Å²) in [5.74, 6) is -1.26. The van der Waals surface area contributed by atoms with E-state index in [1.54, 1.807) is 10.6 Å². The van der Waals surface area contributed by atoms with Gasteiger partial charge in [0.25, 0.3) is 5.91 Å². The molecule has 1 saturated heterocycles. The van der Waals surface area contributed by atoms with Crippen molar-refractivity contribution in [3.63, 3.8) is 0 Å². The van der Waals surface area contributed by atoms with Crippen LogP contribution in [-0.4, -0.2) is 43.9 Å². The number of carboxylic acid groups (broad SMARTS) is 1. The normalized spacial score (nSPS) is 19.3. The van der Waals surface area contributed by atoms with Gasteiger partial charge in [-0.25, -0.2) is 9.78 Å². The summed E-state index contributed by atoms with van der Waals surface area (Å²) in [6.07, 6.45) is 3.96. The van der Waals surface area contributed by atoms with E-state index in [0.29, 0.717) is 18.7 Å². The average molecular weight is 251 g/mol. The summed E-state index contributed by atoms with van der Waals surface area (Å²) in [6, 6.07) is -0.692. The lowest BCUT2D eigenvalue weighted by atomic mass is 10.0. The number of fused-ring (bicyclic) bond motifs is 1. The first-order valence-electron chi connectivity index (χ1n) is 5.13. The lowest BCUT2D eigenvalue weighted by Gasteiger charge is -2.37. The molecule has 0 radical (unpaired) electrons. The van der Waals surface area contributed by atoms with Crippen LogP contribution >= 0.6 is 11.3 Å². The van der Waals surface area contributed by atoms with Crippen LogP contribution in [0.5, 0.6) is 0 Å². The molecule has 2 aromatic heterocycles. The van der Waals surface area contributed by atoms with E-state index >= 15 is 0 Å². The summed E-state index contributed by atoms with van der Waals surface area (Å²) in [4.78, 5) is 29.1. The first-order chi connectivity index (χ1) is 8.16. The smallest absolute Gasteiger partial charge is 0.326 e. The second-order valence-corrected chi connectivity index (χ2v) is 4.73. The number of aromatic nitrogens is 2. The van der Waals surface area contributed by atoms with E-state index in [1.165, 1.54) is 16.2 Å². The Morgan fingerprint density at radius 2 is 2.35 bits per heavy atom. The quantitative estimate of drug-likeness (QED) is 0.852. The Hall–Kier alpha value is -1.89. The number of likely N-dealkylation sites (tertiary alicyclic amines) is 1. The van der Waals surface area contributed by atoms with Crippen molar-refractivity contribution in [2.45, 2.75) is 12.5 Å². The molecule has 1 amide bonds. The minimum atomic E-state index is -0.953. The molecule has 2 aromatic rings. The number of carboxylic acids is 1. The van der Waals surface area contributed by atoms with E-state index in [4.69, 9.17) is 5.11 Å². The summed E-state index contributed by atoms with van der Waals surface area (Å²) < 4.78 is 1.76. The zero-order valence-electron chi connectivity index (χ0n) is 8.74. The summed E-state index contributed by atoms with van der Waals surface area (Å²) in [5.41, 5.74) is 0.308. The Labute approximate surface area is 100 Å². The zero-order valence-corrected chi connectivity index (χ0v) is 9.55. The van der Waals surface area contributed by atoms with Gasteiger partial charge < -0.3 is 10.0 Å². The van der Waals surface area contributed by atoms with Crippen LogP contribution in [0.25, 0.3) is 4.96 Å². The van der Waals surface area contributed by atoms with Crippen LogP contribution in [0, 0.1) is 0 Å². The Morgan fingerprint density at radius 3 is 2.94 bits per heavy atom. The molecule has 3 heterocycles. The van der Waals surface area contributed by atoms with Gasteiger partial charge in [-0.15, -0.1) is 11.3 Å². The van der Waals surface area contributed by atoms with Crippen molar-refractivity contribution in [2.75, 3.05) is 6.54 Å². The van der Waals surface area contributed by atoms with E-state index < -0.39 is 12.0 Å². The third-order valence-corrected chi connectivity index (χ3v) is 3.65. The summed E-state index contributed by atoms with van der Waals surface area (Å²) in [5, 5.41) is 10.8. The molecule has 0 spiro atoms. The van der Waals surface area contributed by atoms with Crippen LogP contribution < -0.4 is 0 Å². The highest BCUT2D eigenvalue weighted by molar-refractivity contribution is 7.15. The van der Waals surface area contributed by atoms with Gasteiger partial charge in [-0.3, -0.25) is 9.20 Å². The number of rotatable bonds is 2. The molecule has 0 aromatic carbocycles. The van der Waals surface area contributed by atoms with Gasteiger partial charge in [0.2, 0.25) is 0 Å². The summed E-state index contributed by atoms with van der Waals surface area (Å²) in [6.45, 7) is 0.487. The lowest BCUT2D eigenvalue weighted by molar-refractivity contribution is -0.146. The van der Waals surface area contributed by atoms with E-state index in [-0.39, 0.29) is 5.91 Å². The number of hydrogen-bond acceptors (Lipinski definition) is 4. The molecule has 1 aliphatic rings. The Balaban J connectivity index is 1.87. The number of carbonyl (C=O) groups is 2. The molecule has 6 nitrogen and oxygen atoms in total. The van der Waals surface area contributed by atoms with Crippen molar-refractivity contribution >= 4 is 28.2 Å². The minimum absolute atomic E-state index is 0.306. The van der Waals surface area contributed by atoms with Crippen molar-refractivity contribution in [1.82, 2.24) is 14.3 Å². The van der Waals surface area contributed by atoms with Crippen LogP contribution in [0.15, 0.2) is 17.8 Å². The predicted molar refractivity (Wildman–Crippen MR) is 60.1 cm³/mol. The number of aliphatic carboxylic acids is 1. The molecule has 7 heteroatoms. The monoisotopic (exact) mass is 251 g/mol. The number of amides is 1. The first kappa shape index (κ1) is 10.3. The standard InChI is InChI=1S/C10H9N3O3S/c14-8(13-2-1-7(13)9(15)16)6-5-12-3-4-17-10(12)11-6/h3-5,7H,1-2H2,(H,15,16). The molecule has 1 unspecified atom stereocenters. The molecule has 0 bridgehead atoms. The highest BCUT2D eigenvalue weighted by Gasteiger charge is 2.38. The molecular weight excluding hydrogens is 242 g/mol. The molecule has 17 heavy (non-hydrogen) atoms. The number of carbonyl (C=O) groups excluding carboxylic acids is 1. The number of imidazole rings is 1. The fourth-order valence-electron chi connectivity index (χ4n) is 1.86. The maximum Gasteiger partial charge on any atom is 0.326 e. The molecular formula is C10H9N3O3S. The van der Waals surface area contributed by atoms with Gasteiger partial charge in [-0.2, -0.15) is 0 Å². The second kappa shape index (κ2) is 3.56.